The van der Waals surface area contributed by atoms with Gasteiger partial charge in [-0.2, -0.15) is 0 Å². The van der Waals surface area contributed by atoms with Crippen molar-refractivity contribution in [2.24, 2.45) is 0 Å². The molecule has 20 heavy (non-hydrogen) atoms. The van der Waals surface area contributed by atoms with E-state index in [-0.39, 0.29) is 11.8 Å². The summed E-state index contributed by atoms with van der Waals surface area (Å²) < 4.78 is 5.06. The number of nitrogen functional groups attached to an aromatic ring is 1. The van der Waals surface area contributed by atoms with Gasteiger partial charge in [0.2, 0.25) is 0 Å². The van der Waals surface area contributed by atoms with E-state index in [1.807, 2.05) is 0 Å². The van der Waals surface area contributed by atoms with Crippen LogP contribution >= 0.6 is 0 Å². The number of hydrogen-bond acceptors (Lipinski definition) is 4. The third-order valence-corrected chi connectivity index (χ3v) is 2.98. The fourth-order valence-corrected chi connectivity index (χ4v) is 1.92. The van der Waals surface area contributed by atoms with Gasteiger partial charge in [0.1, 0.15) is 5.75 Å². The number of carbonyl (C=O) groups is 2. The molecule has 1 aliphatic rings. The van der Waals surface area contributed by atoms with E-state index in [4.69, 9.17) is 10.5 Å². The van der Waals surface area contributed by atoms with Crippen LogP contribution in [0.5, 0.6) is 5.75 Å². The molecule has 0 spiro atoms. The van der Waals surface area contributed by atoms with Gasteiger partial charge in [0.25, 0.3) is 11.8 Å². The predicted molar refractivity (Wildman–Crippen MR) is 76.9 cm³/mol. The summed E-state index contributed by atoms with van der Waals surface area (Å²) in [4.78, 5) is 24.7. The van der Waals surface area contributed by atoms with Crippen LogP contribution in [0, 0.1) is 0 Å². The maximum absolute atomic E-state index is 11.9. The number of imide groups is 1. The first-order valence-electron chi connectivity index (χ1n) is 6.25. The topological polar surface area (TPSA) is 72.6 Å². The van der Waals surface area contributed by atoms with E-state index in [0.717, 1.165) is 5.56 Å². The molecule has 0 fully saturated rings. The molecule has 5 heteroatoms. The van der Waals surface area contributed by atoms with Gasteiger partial charge in [0.15, 0.2) is 0 Å². The van der Waals surface area contributed by atoms with Crippen molar-refractivity contribution in [3.8, 4) is 5.75 Å². The molecule has 0 atom stereocenters. The lowest BCUT2D eigenvalue weighted by molar-refractivity contribution is -0.139. The second-order valence-electron chi connectivity index (χ2n) is 4.35. The predicted octanol–water partition coefficient (Wildman–Crippen LogP) is 1.61. The molecule has 0 radical (unpaired) electrons. The zero-order valence-corrected chi connectivity index (χ0v) is 11.2. The summed E-state index contributed by atoms with van der Waals surface area (Å²) >= 11 is 0. The number of hydrogen-bond donors (Lipinski definition) is 1. The highest BCUT2D eigenvalue weighted by Gasteiger charge is 2.18. The van der Waals surface area contributed by atoms with Crippen molar-refractivity contribution < 1.29 is 14.3 Å². The highest BCUT2D eigenvalue weighted by molar-refractivity contribution is 6.06. The zero-order valence-electron chi connectivity index (χ0n) is 11.2. The van der Waals surface area contributed by atoms with E-state index < -0.39 is 0 Å². The Bertz CT molecular complexity index is 591. The van der Waals surface area contributed by atoms with Gasteiger partial charge in [-0.1, -0.05) is 12.1 Å². The Morgan fingerprint density at radius 2 is 2.25 bits per heavy atom. The second-order valence-corrected chi connectivity index (χ2v) is 4.35. The fourth-order valence-electron chi connectivity index (χ4n) is 1.92. The Balaban J connectivity index is 2.09. The Morgan fingerprint density at radius 1 is 1.45 bits per heavy atom. The van der Waals surface area contributed by atoms with Crippen LogP contribution in [-0.4, -0.2) is 30.4 Å². The number of amides is 2. The third-order valence-electron chi connectivity index (χ3n) is 2.98. The molecule has 0 aliphatic carbocycles. The summed E-state index contributed by atoms with van der Waals surface area (Å²) in [6, 6.07) is 5.23. The van der Waals surface area contributed by atoms with Gasteiger partial charge in [-0.05, 0) is 36.3 Å². The number of rotatable bonds is 3. The number of nitrogens with two attached hydrogens (primary N) is 1. The first-order chi connectivity index (χ1) is 9.61. The van der Waals surface area contributed by atoms with Crippen LogP contribution in [0.2, 0.25) is 0 Å². The number of benzene rings is 1. The molecule has 104 valence electrons. The van der Waals surface area contributed by atoms with Crippen LogP contribution in [-0.2, 0) is 9.59 Å². The van der Waals surface area contributed by atoms with Crippen molar-refractivity contribution >= 4 is 23.6 Å². The minimum atomic E-state index is -0.325. The Morgan fingerprint density at radius 3 is 2.90 bits per heavy atom. The third kappa shape index (κ3) is 3.06. The summed E-state index contributed by atoms with van der Waals surface area (Å²) in [7, 11) is 1.54. The van der Waals surface area contributed by atoms with Crippen molar-refractivity contribution in [1.29, 1.82) is 0 Å². The number of ether oxygens (including phenoxy) is 1. The normalized spacial score (nSPS) is 14.8. The number of nitrogens with zero attached hydrogens (tertiary/aromatic N) is 1. The van der Waals surface area contributed by atoms with Gasteiger partial charge >= 0.3 is 0 Å². The first-order valence-corrected chi connectivity index (χ1v) is 6.25. The Hall–Kier alpha value is -2.56. The van der Waals surface area contributed by atoms with Gasteiger partial charge in [0, 0.05) is 12.6 Å². The molecule has 0 unspecified atom stereocenters. The zero-order chi connectivity index (χ0) is 14.5. The van der Waals surface area contributed by atoms with Gasteiger partial charge in [-0.3, -0.25) is 14.5 Å². The Labute approximate surface area is 117 Å². The fraction of sp³-hybridized carbons (Fsp3) is 0.200. The smallest absolute Gasteiger partial charge is 0.253 e. The summed E-state index contributed by atoms with van der Waals surface area (Å²) in [5.41, 5.74) is 7.06. The quantitative estimate of drug-likeness (QED) is 0.670. The molecule has 5 nitrogen and oxygen atoms in total. The highest BCUT2D eigenvalue weighted by atomic mass is 16.5. The molecule has 2 N–H and O–H groups in total. The van der Waals surface area contributed by atoms with Crippen molar-refractivity contribution in [3.63, 3.8) is 0 Å². The number of carbonyl (C=O) groups excluding carboxylic acids is 2. The van der Waals surface area contributed by atoms with Gasteiger partial charge < -0.3 is 10.5 Å². The summed E-state index contributed by atoms with van der Waals surface area (Å²) in [5, 5.41) is 0. The van der Waals surface area contributed by atoms with Crippen LogP contribution in [0.15, 0.2) is 36.4 Å². The van der Waals surface area contributed by atoms with Crippen molar-refractivity contribution in [2.45, 2.75) is 6.42 Å². The molecule has 1 heterocycles. The molecule has 0 aromatic heterocycles. The molecule has 1 aromatic rings. The molecular weight excluding hydrogens is 256 g/mol. The standard InChI is InChI=1S/C15H16N2O3/c1-20-13-7-5-11(10-12(13)16)6-8-15(19)17-9-3-2-4-14(17)18/h2,4-8,10H,3,9,16H2,1H3/b8-6+. The lowest BCUT2D eigenvalue weighted by atomic mass is 10.1. The van der Waals surface area contributed by atoms with Crippen LogP contribution < -0.4 is 10.5 Å². The van der Waals surface area contributed by atoms with Crippen LogP contribution in [0.4, 0.5) is 5.69 Å². The maximum Gasteiger partial charge on any atom is 0.253 e. The van der Waals surface area contributed by atoms with Gasteiger partial charge in [0.05, 0.1) is 12.8 Å². The van der Waals surface area contributed by atoms with E-state index in [1.54, 1.807) is 37.5 Å². The first kappa shape index (κ1) is 13.9. The highest BCUT2D eigenvalue weighted by Crippen LogP contribution is 2.22. The molecule has 0 bridgehead atoms. The van der Waals surface area contributed by atoms with E-state index >= 15 is 0 Å². The van der Waals surface area contributed by atoms with E-state index in [0.29, 0.717) is 24.4 Å². The average Bonchev–Trinajstić information content (AvgIpc) is 2.45. The molecule has 2 rings (SSSR count). The lowest BCUT2D eigenvalue weighted by Crippen LogP contribution is -2.37. The molecule has 0 saturated heterocycles. The van der Waals surface area contributed by atoms with Gasteiger partial charge in [-0.15, -0.1) is 0 Å². The van der Waals surface area contributed by atoms with Crippen LogP contribution in [0.1, 0.15) is 12.0 Å². The lowest BCUT2D eigenvalue weighted by Gasteiger charge is -2.19. The largest absolute Gasteiger partial charge is 0.495 e. The minimum Gasteiger partial charge on any atom is -0.495 e. The van der Waals surface area contributed by atoms with Crippen LogP contribution in [0.25, 0.3) is 6.08 Å². The summed E-state index contributed by atoms with van der Waals surface area (Å²) in [6.07, 6.45) is 6.88. The van der Waals surface area contributed by atoms with Gasteiger partial charge in [-0.25, -0.2) is 0 Å². The monoisotopic (exact) mass is 272 g/mol. The van der Waals surface area contributed by atoms with Crippen LogP contribution in [0.3, 0.4) is 0 Å². The molecule has 1 aliphatic heterocycles. The molecule has 0 saturated carbocycles. The minimum absolute atomic E-state index is 0.278. The summed E-state index contributed by atoms with van der Waals surface area (Å²) in [6.45, 7) is 0.420. The molecule has 2 amide bonds. The SMILES string of the molecule is COc1ccc(/C=C/C(=O)N2CCC=CC2=O)cc1N. The molecular formula is C15H16N2O3. The number of methoxy groups -OCH3 is 1. The Kier molecular flexibility index (Phi) is 4.20. The van der Waals surface area contributed by atoms with E-state index in [1.165, 1.54) is 17.1 Å². The summed E-state index contributed by atoms with van der Waals surface area (Å²) in [5.74, 6) is -0.0151. The van der Waals surface area contributed by atoms with E-state index in [2.05, 4.69) is 0 Å². The average molecular weight is 272 g/mol. The maximum atomic E-state index is 11.9. The van der Waals surface area contributed by atoms with Crippen molar-refractivity contribution in [2.75, 3.05) is 19.4 Å². The van der Waals surface area contributed by atoms with Crippen molar-refractivity contribution in [3.05, 3.63) is 42.0 Å². The van der Waals surface area contributed by atoms with E-state index in [9.17, 15) is 9.59 Å². The number of anilines is 1. The molecule has 1 aromatic carbocycles. The van der Waals surface area contributed by atoms with Crippen molar-refractivity contribution in [1.82, 2.24) is 4.90 Å². The second kappa shape index (κ2) is 6.06.